The van der Waals surface area contributed by atoms with Crippen LogP contribution in [0.3, 0.4) is 0 Å². The number of nitrogens with one attached hydrogen (secondary N) is 2. The zero-order valence-corrected chi connectivity index (χ0v) is 9.04. The normalized spacial score (nSPS) is 20.4. The zero-order chi connectivity index (χ0) is 10.7. The van der Waals surface area contributed by atoms with Gasteiger partial charge < -0.3 is 10.6 Å². The van der Waals surface area contributed by atoms with E-state index < -0.39 is 0 Å². The molecule has 2 rings (SSSR count). The number of hydrogen-bond donors (Lipinski definition) is 2. The molecule has 0 atom stereocenters. The molecule has 1 aliphatic rings. The average Bonchev–Trinajstić information content (AvgIpc) is 2.47. The number of hydrogen-bond acceptors (Lipinski definition) is 3. The minimum absolute atomic E-state index is 0.813. The van der Waals surface area contributed by atoms with Gasteiger partial charge in [-0.2, -0.15) is 0 Å². The van der Waals surface area contributed by atoms with E-state index in [0.29, 0.717) is 0 Å². The predicted molar refractivity (Wildman–Crippen MR) is 62.2 cm³/mol. The quantitative estimate of drug-likeness (QED) is 0.676. The highest BCUT2D eigenvalue weighted by Gasteiger charge is 2.12. The van der Waals surface area contributed by atoms with Crippen molar-refractivity contribution in [1.82, 2.24) is 10.3 Å². The lowest BCUT2D eigenvalue weighted by atomic mass is 10.2. The number of allylic oxidation sites excluding steroid dienone is 2. The highest BCUT2D eigenvalue weighted by molar-refractivity contribution is 5.55. The van der Waals surface area contributed by atoms with Crippen LogP contribution >= 0.6 is 0 Å². The second-order valence-electron chi connectivity index (χ2n) is 3.39. The summed E-state index contributed by atoms with van der Waals surface area (Å²) < 4.78 is 0. The molecule has 0 radical (unpaired) electrons. The fourth-order valence-electron chi connectivity index (χ4n) is 1.66. The number of aromatic nitrogens is 1. The van der Waals surface area contributed by atoms with Crippen molar-refractivity contribution in [3.63, 3.8) is 0 Å². The molecule has 0 bridgehead atoms. The van der Waals surface area contributed by atoms with Crippen LogP contribution in [0.25, 0.3) is 0 Å². The summed E-state index contributed by atoms with van der Waals surface area (Å²) in [5.41, 5.74) is 3.39. The first-order valence-corrected chi connectivity index (χ1v) is 5.13. The molecule has 1 aromatic rings. The van der Waals surface area contributed by atoms with Crippen molar-refractivity contribution in [2.45, 2.75) is 20.4 Å². The van der Waals surface area contributed by atoms with E-state index in [9.17, 15) is 0 Å². The standard InChI is InChI=1S/C12H15N3/c1-3-10-11(4-2)15-12-9(8-14-10)6-5-7-13-12/h3-7,14H,8H2,1-2H3,(H,13,15)/b10-3+,11-4+. The van der Waals surface area contributed by atoms with Crippen LogP contribution in [0.2, 0.25) is 0 Å². The van der Waals surface area contributed by atoms with Crippen molar-refractivity contribution in [2.24, 2.45) is 0 Å². The van der Waals surface area contributed by atoms with Crippen LogP contribution in [0.15, 0.2) is 41.9 Å². The smallest absolute Gasteiger partial charge is 0.135 e. The van der Waals surface area contributed by atoms with Crippen molar-refractivity contribution in [3.05, 3.63) is 47.4 Å². The van der Waals surface area contributed by atoms with E-state index in [0.717, 1.165) is 23.8 Å². The molecule has 0 saturated heterocycles. The summed E-state index contributed by atoms with van der Waals surface area (Å²) >= 11 is 0. The van der Waals surface area contributed by atoms with Gasteiger partial charge in [-0.25, -0.2) is 4.98 Å². The maximum absolute atomic E-state index is 4.33. The third-order valence-electron chi connectivity index (χ3n) is 2.48. The summed E-state index contributed by atoms with van der Waals surface area (Å²) in [4.78, 5) is 4.33. The highest BCUT2D eigenvalue weighted by Crippen LogP contribution is 2.20. The van der Waals surface area contributed by atoms with E-state index in [1.807, 2.05) is 26.0 Å². The van der Waals surface area contributed by atoms with Crippen LogP contribution in [0.1, 0.15) is 19.4 Å². The molecular weight excluding hydrogens is 186 g/mol. The Morgan fingerprint density at radius 3 is 2.80 bits per heavy atom. The van der Waals surface area contributed by atoms with Gasteiger partial charge in [0.2, 0.25) is 0 Å². The Kier molecular flexibility index (Phi) is 2.72. The van der Waals surface area contributed by atoms with Crippen LogP contribution in [0, 0.1) is 0 Å². The first-order valence-electron chi connectivity index (χ1n) is 5.13. The molecule has 2 heterocycles. The molecule has 0 aromatic carbocycles. The second kappa shape index (κ2) is 4.17. The van der Waals surface area contributed by atoms with Crippen LogP contribution in [-0.4, -0.2) is 4.98 Å². The Morgan fingerprint density at radius 2 is 2.07 bits per heavy atom. The van der Waals surface area contributed by atoms with Crippen LogP contribution in [0.5, 0.6) is 0 Å². The van der Waals surface area contributed by atoms with Gasteiger partial charge in [0.05, 0.1) is 11.4 Å². The lowest BCUT2D eigenvalue weighted by Gasteiger charge is -2.09. The van der Waals surface area contributed by atoms with Gasteiger partial charge in [0.15, 0.2) is 0 Å². The predicted octanol–water partition coefficient (Wildman–Crippen LogP) is 2.40. The lowest BCUT2D eigenvalue weighted by molar-refractivity contribution is 0.832. The Bertz CT molecular complexity index is 419. The fraction of sp³-hybridized carbons (Fsp3) is 0.250. The highest BCUT2D eigenvalue weighted by atomic mass is 15.1. The first kappa shape index (κ1) is 9.77. The van der Waals surface area contributed by atoms with Gasteiger partial charge in [0.1, 0.15) is 5.82 Å². The van der Waals surface area contributed by atoms with Crippen molar-refractivity contribution in [2.75, 3.05) is 5.32 Å². The first-order chi connectivity index (χ1) is 7.35. The molecule has 0 spiro atoms. The van der Waals surface area contributed by atoms with Crippen molar-refractivity contribution in [1.29, 1.82) is 0 Å². The molecule has 0 fully saturated rings. The second-order valence-corrected chi connectivity index (χ2v) is 3.39. The summed E-state index contributed by atoms with van der Waals surface area (Å²) in [7, 11) is 0. The fourth-order valence-corrected chi connectivity index (χ4v) is 1.66. The van der Waals surface area contributed by atoms with Crippen molar-refractivity contribution < 1.29 is 0 Å². The third-order valence-corrected chi connectivity index (χ3v) is 2.48. The lowest BCUT2D eigenvalue weighted by Crippen LogP contribution is -2.13. The van der Waals surface area contributed by atoms with Gasteiger partial charge in [-0.05, 0) is 19.9 Å². The Hall–Kier alpha value is -1.77. The minimum atomic E-state index is 0.813. The summed E-state index contributed by atoms with van der Waals surface area (Å²) in [6.45, 7) is 4.85. The van der Waals surface area contributed by atoms with Crippen molar-refractivity contribution >= 4 is 5.82 Å². The van der Waals surface area contributed by atoms with E-state index in [2.05, 4.69) is 27.8 Å². The molecule has 3 heteroatoms. The van der Waals surface area contributed by atoms with Gasteiger partial charge in [-0.15, -0.1) is 0 Å². The number of fused-ring (bicyclic) bond motifs is 1. The van der Waals surface area contributed by atoms with E-state index >= 15 is 0 Å². The Labute approximate surface area is 89.9 Å². The topological polar surface area (TPSA) is 37.0 Å². The molecule has 2 N–H and O–H groups in total. The molecular formula is C12H15N3. The van der Waals surface area contributed by atoms with E-state index in [-0.39, 0.29) is 0 Å². The summed E-state index contributed by atoms with van der Waals surface area (Å²) in [6, 6.07) is 4.03. The molecule has 0 aliphatic carbocycles. The molecule has 0 unspecified atom stereocenters. The Balaban J connectivity index is 2.41. The zero-order valence-electron chi connectivity index (χ0n) is 9.04. The summed E-state index contributed by atoms with van der Waals surface area (Å²) in [5, 5.41) is 6.71. The average molecular weight is 201 g/mol. The molecule has 15 heavy (non-hydrogen) atoms. The third kappa shape index (κ3) is 1.86. The largest absolute Gasteiger partial charge is 0.379 e. The van der Waals surface area contributed by atoms with Gasteiger partial charge in [0, 0.05) is 18.3 Å². The van der Waals surface area contributed by atoms with E-state index in [1.165, 1.54) is 5.56 Å². The molecule has 3 nitrogen and oxygen atoms in total. The summed E-state index contributed by atoms with van der Waals surface area (Å²) in [5.74, 6) is 0.940. The maximum Gasteiger partial charge on any atom is 0.135 e. The molecule has 78 valence electrons. The van der Waals surface area contributed by atoms with Crippen LogP contribution in [0.4, 0.5) is 5.82 Å². The van der Waals surface area contributed by atoms with Gasteiger partial charge >= 0.3 is 0 Å². The number of pyridine rings is 1. The number of rotatable bonds is 0. The van der Waals surface area contributed by atoms with Gasteiger partial charge in [-0.1, -0.05) is 18.2 Å². The van der Waals surface area contributed by atoms with Crippen LogP contribution < -0.4 is 10.6 Å². The maximum atomic E-state index is 4.33. The molecule has 1 aliphatic heterocycles. The number of nitrogens with zero attached hydrogens (tertiary/aromatic N) is 1. The van der Waals surface area contributed by atoms with E-state index in [4.69, 9.17) is 0 Å². The monoisotopic (exact) mass is 201 g/mol. The minimum Gasteiger partial charge on any atom is -0.379 e. The number of anilines is 1. The molecule has 1 aromatic heterocycles. The summed E-state index contributed by atoms with van der Waals surface area (Å²) in [6.07, 6.45) is 5.92. The SMILES string of the molecule is C/C=C1/NCc2cccnc2N/C1=C/C. The van der Waals surface area contributed by atoms with Gasteiger partial charge in [0.25, 0.3) is 0 Å². The van der Waals surface area contributed by atoms with Gasteiger partial charge in [-0.3, -0.25) is 0 Å². The van der Waals surface area contributed by atoms with Crippen molar-refractivity contribution in [3.8, 4) is 0 Å². The Morgan fingerprint density at radius 1 is 1.27 bits per heavy atom. The molecule has 0 saturated carbocycles. The van der Waals surface area contributed by atoms with Crippen LogP contribution in [-0.2, 0) is 6.54 Å². The van der Waals surface area contributed by atoms with E-state index in [1.54, 1.807) is 6.20 Å². The molecule has 0 amide bonds.